The number of carbonyl (C=O) groups is 2. The minimum Gasteiger partial charge on any atom is -0.280 e. The van der Waals surface area contributed by atoms with Gasteiger partial charge >= 0.3 is 6.18 Å². The van der Waals surface area contributed by atoms with Crippen LogP contribution in [0.5, 0.6) is 0 Å². The first-order chi connectivity index (χ1) is 14.0. The smallest absolute Gasteiger partial charge is 0.280 e. The zero-order valence-electron chi connectivity index (χ0n) is 15.7. The number of hydrogen-bond acceptors (Lipinski definition) is 4. The molecule has 7 nitrogen and oxygen atoms in total. The molecule has 0 aliphatic heterocycles. The Kier molecular flexibility index (Phi) is 5.75. The van der Waals surface area contributed by atoms with Crippen LogP contribution in [0.25, 0.3) is 0 Å². The van der Waals surface area contributed by atoms with Crippen LogP contribution in [0.3, 0.4) is 0 Å². The number of anilines is 1. The second-order valence-corrected chi connectivity index (χ2v) is 8.66. The van der Waals surface area contributed by atoms with Crippen molar-refractivity contribution >= 4 is 27.5 Å². The summed E-state index contributed by atoms with van der Waals surface area (Å²) < 4.78 is 65.6. The van der Waals surface area contributed by atoms with Crippen molar-refractivity contribution in [2.45, 2.75) is 24.4 Å². The lowest BCUT2D eigenvalue weighted by molar-refractivity contribution is -0.137. The van der Waals surface area contributed by atoms with Crippen molar-refractivity contribution in [3.8, 4) is 0 Å². The minimum absolute atomic E-state index is 0.0499. The lowest BCUT2D eigenvalue weighted by Crippen LogP contribution is -2.42. The molecule has 2 aromatic carbocycles. The van der Waals surface area contributed by atoms with E-state index >= 15 is 0 Å². The first-order valence-corrected chi connectivity index (χ1v) is 10.4. The number of halogens is 3. The van der Waals surface area contributed by atoms with Gasteiger partial charge in [-0.05, 0) is 48.7 Å². The highest BCUT2D eigenvalue weighted by Gasteiger charge is 2.39. The minimum atomic E-state index is -4.62. The number of sulfonamides is 1. The van der Waals surface area contributed by atoms with Gasteiger partial charge in [0.2, 0.25) is 5.91 Å². The van der Waals surface area contributed by atoms with Crippen LogP contribution in [0, 0.1) is 11.8 Å². The predicted molar refractivity (Wildman–Crippen MR) is 102 cm³/mol. The third-order valence-electron chi connectivity index (χ3n) is 4.59. The first kappa shape index (κ1) is 21.6. The highest BCUT2D eigenvalue weighted by molar-refractivity contribution is 7.92. The Hall–Kier alpha value is -3.08. The van der Waals surface area contributed by atoms with Crippen LogP contribution in [0.1, 0.15) is 29.3 Å². The van der Waals surface area contributed by atoms with Gasteiger partial charge in [0.15, 0.2) is 0 Å². The van der Waals surface area contributed by atoms with Gasteiger partial charge in [-0.3, -0.25) is 25.2 Å². The molecule has 0 bridgehead atoms. The molecule has 0 unspecified atom stereocenters. The highest BCUT2D eigenvalue weighted by atomic mass is 32.2. The molecule has 1 saturated carbocycles. The number of carbonyl (C=O) groups excluding carboxylic acids is 2. The highest BCUT2D eigenvalue weighted by Crippen LogP contribution is 2.37. The molecule has 2 amide bonds. The van der Waals surface area contributed by atoms with Crippen LogP contribution in [0.15, 0.2) is 53.4 Å². The molecule has 3 rings (SSSR count). The van der Waals surface area contributed by atoms with Crippen LogP contribution in [-0.4, -0.2) is 20.2 Å². The Morgan fingerprint density at radius 1 is 1.03 bits per heavy atom. The van der Waals surface area contributed by atoms with Gasteiger partial charge in [0, 0.05) is 17.2 Å². The average molecular weight is 441 g/mol. The number of benzene rings is 2. The maximum absolute atomic E-state index is 12.8. The van der Waals surface area contributed by atoms with E-state index in [9.17, 15) is 31.2 Å². The van der Waals surface area contributed by atoms with E-state index in [1.54, 1.807) is 0 Å². The zero-order chi connectivity index (χ0) is 22.1. The van der Waals surface area contributed by atoms with Gasteiger partial charge in [-0.25, -0.2) is 8.42 Å². The number of hydrogen-bond donors (Lipinski definition) is 3. The van der Waals surface area contributed by atoms with E-state index in [1.807, 2.05) is 6.92 Å². The molecule has 1 fully saturated rings. The van der Waals surface area contributed by atoms with Crippen molar-refractivity contribution in [2.24, 2.45) is 11.8 Å². The Morgan fingerprint density at radius 3 is 2.33 bits per heavy atom. The van der Waals surface area contributed by atoms with Gasteiger partial charge in [-0.1, -0.05) is 19.1 Å². The number of alkyl halides is 3. The van der Waals surface area contributed by atoms with Gasteiger partial charge in [0.25, 0.3) is 15.9 Å². The topological polar surface area (TPSA) is 104 Å². The first-order valence-electron chi connectivity index (χ1n) is 8.88. The van der Waals surface area contributed by atoms with E-state index in [4.69, 9.17) is 0 Å². The van der Waals surface area contributed by atoms with Gasteiger partial charge in [-0.15, -0.1) is 0 Å². The lowest BCUT2D eigenvalue weighted by atomic mass is 10.2. The maximum atomic E-state index is 12.8. The Balaban J connectivity index is 1.72. The van der Waals surface area contributed by atoms with E-state index in [-0.39, 0.29) is 33.9 Å². The Bertz CT molecular complexity index is 1090. The van der Waals surface area contributed by atoms with Gasteiger partial charge in [-0.2, -0.15) is 13.2 Å². The second kappa shape index (κ2) is 7.98. The zero-order valence-corrected chi connectivity index (χ0v) is 16.5. The molecule has 1 aliphatic carbocycles. The fraction of sp³-hybridized carbons (Fsp3) is 0.263. The molecule has 2 aromatic rings. The normalized spacial score (nSPS) is 18.4. The quantitative estimate of drug-likeness (QED) is 0.621. The summed E-state index contributed by atoms with van der Waals surface area (Å²) in [6.07, 6.45) is -3.89. The third-order valence-corrected chi connectivity index (χ3v) is 5.97. The number of rotatable bonds is 5. The molecule has 0 aromatic heterocycles. The van der Waals surface area contributed by atoms with Crippen molar-refractivity contribution in [3.05, 3.63) is 59.7 Å². The van der Waals surface area contributed by atoms with Crippen LogP contribution in [-0.2, 0) is 21.0 Å². The molecule has 30 heavy (non-hydrogen) atoms. The van der Waals surface area contributed by atoms with Crippen LogP contribution >= 0.6 is 0 Å². The fourth-order valence-electron chi connectivity index (χ4n) is 2.75. The molecule has 0 heterocycles. The summed E-state index contributed by atoms with van der Waals surface area (Å²) in [5.41, 5.74) is 3.17. The van der Waals surface area contributed by atoms with Crippen molar-refractivity contribution in [3.63, 3.8) is 0 Å². The molecule has 3 N–H and O–H groups in total. The molecule has 0 radical (unpaired) electrons. The number of nitrogens with one attached hydrogen (secondary N) is 3. The van der Waals surface area contributed by atoms with Gasteiger partial charge < -0.3 is 0 Å². The largest absolute Gasteiger partial charge is 0.416 e. The molecule has 160 valence electrons. The SMILES string of the molecule is C[C@@H]1C[C@H]1C(=O)NNC(=O)c1cccc(S(=O)(=O)Nc2cccc(C(F)(F)F)c2)c1. The maximum Gasteiger partial charge on any atom is 0.416 e. The summed E-state index contributed by atoms with van der Waals surface area (Å²) in [6.45, 7) is 1.90. The summed E-state index contributed by atoms with van der Waals surface area (Å²) in [5.74, 6) is -0.968. The van der Waals surface area contributed by atoms with Gasteiger partial charge in [0.05, 0.1) is 10.5 Å². The number of amides is 2. The van der Waals surface area contributed by atoms with E-state index in [0.29, 0.717) is 6.07 Å². The van der Waals surface area contributed by atoms with Crippen molar-refractivity contribution in [1.29, 1.82) is 0 Å². The molecule has 0 saturated heterocycles. The van der Waals surface area contributed by atoms with E-state index in [0.717, 1.165) is 24.6 Å². The summed E-state index contributed by atoms with van der Waals surface area (Å²) in [6, 6.07) is 8.63. The molecular weight excluding hydrogens is 423 g/mol. The monoisotopic (exact) mass is 441 g/mol. The molecule has 0 spiro atoms. The van der Waals surface area contributed by atoms with E-state index in [2.05, 4.69) is 15.6 Å². The standard InChI is InChI=1S/C19H18F3N3O4S/c1-11-8-16(11)18(27)24-23-17(26)12-4-2-7-15(9-12)30(28,29)25-14-6-3-5-13(10-14)19(20,21)22/h2-7,9-11,16,25H,8H2,1H3,(H,23,26)(H,24,27)/t11-,16-/m1/s1. The second-order valence-electron chi connectivity index (χ2n) is 6.97. The Labute approximate surface area is 170 Å². The van der Waals surface area contributed by atoms with Crippen molar-refractivity contribution in [2.75, 3.05) is 4.72 Å². The van der Waals surface area contributed by atoms with Crippen LogP contribution < -0.4 is 15.6 Å². The summed E-state index contributed by atoms with van der Waals surface area (Å²) in [4.78, 5) is 23.6. The summed E-state index contributed by atoms with van der Waals surface area (Å²) >= 11 is 0. The van der Waals surface area contributed by atoms with Gasteiger partial charge in [0.1, 0.15) is 0 Å². The summed E-state index contributed by atoms with van der Waals surface area (Å²) in [5, 5.41) is 0. The molecule has 11 heteroatoms. The lowest BCUT2D eigenvalue weighted by Gasteiger charge is -2.12. The molecule has 2 atom stereocenters. The van der Waals surface area contributed by atoms with E-state index < -0.39 is 27.7 Å². The summed E-state index contributed by atoms with van der Waals surface area (Å²) in [7, 11) is -4.26. The molecule has 1 aliphatic rings. The predicted octanol–water partition coefficient (Wildman–Crippen LogP) is 2.92. The van der Waals surface area contributed by atoms with Crippen molar-refractivity contribution < 1.29 is 31.2 Å². The fourth-order valence-corrected chi connectivity index (χ4v) is 3.84. The number of hydrazine groups is 1. The molecular formula is C19H18F3N3O4S. The third kappa shape index (κ3) is 5.09. The van der Waals surface area contributed by atoms with E-state index in [1.165, 1.54) is 24.3 Å². The van der Waals surface area contributed by atoms with Crippen LogP contribution in [0.4, 0.5) is 18.9 Å². The Morgan fingerprint density at radius 2 is 1.70 bits per heavy atom. The average Bonchev–Trinajstić information content (AvgIpc) is 3.42. The van der Waals surface area contributed by atoms with Crippen molar-refractivity contribution in [1.82, 2.24) is 10.9 Å². The van der Waals surface area contributed by atoms with Crippen LogP contribution in [0.2, 0.25) is 0 Å².